The first-order chi connectivity index (χ1) is 9.45. The quantitative estimate of drug-likeness (QED) is 0.759. The second-order valence-electron chi connectivity index (χ2n) is 4.64. The SMILES string of the molecule is Cc1noc(CN(C)C(=O)c2nnc(CN(C)C)o2)n1. The van der Waals surface area contributed by atoms with E-state index in [9.17, 15) is 4.79 Å². The highest BCUT2D eigenvalue weighted by Gasteiger charge is 2.21. The molecule has 0 aliphatic carbocycles. The normalized spacial score (nSPS) is 11.1. The molecule has 2 heterocycles. The number of amides is 1. The molecule has 1 amide bonds. The van der Waals surface area contributed by atoms with Gasteiger partial charge in [0.15, 0.2) is 5.82 Å². The summed E-state index contributed by atoms with van der Waals surface area (Å²) in [6.45, 7) is 2.37. The monoisotopic (exact) mass is 280 g/mol. The Hall–Kier alpha value is -2.29. The second-order valence-corrected chi connectivity index (χ2v) is 4.64. The lowest BCUT2D eigenvalue weighted by atomic mass is 10.5. The van der Waals surface area contributed by atoms with E-state index in [1.807, 2.05) is 19.0 Å². The summed E-state index contributed by atoms with van der Waals surface area (Å²) in [6.07, 6.45) is 0. The molecule has 2 aromatic heterocycles. The Morgan fingerprint density at radius 3 is 2.50 bits per heavy atom. The predicted octanol–water partition coefficient (Wildman–Crippen LogP) is 0.0948. The van der Waals surface area contributed by atoms with Gasteiger partial charge in [0, 0.05) is 7.05 Å². The minimum Gasteiger partial charge on any atom is -0.415 e. The van der Waals surface area contributed by atoms with Crippen LogP contribution in [0.15, 0.2) is 8.94 Å². The summed E-state index contributed by atoms with van der Waals surface area (Å²) in [5.41, 5.74) is 0. The Labute approximate surface area is 115 Å². The second kappa shape index (κ2) is 5.78. The molecule has 2 aromatic rings. The van der Waals surface area contributed by atoms with Gasteiger partial charge in [0.2, 0.25) is 11.8 Å². The molecule has 0 bridgehead atoms. The van der Waals surface area contributed by atoms with Crippen LogP contribution < -0.4 is 0 Å². The molecular weight excluding hydrogens is 264 g/mol. The van der Waals surface area contributed by atoms with Crippen molar-refractivity contribution in [1.82, 2.24) is 30.1 Å². The van der Waals surface area contributed by atoms with Crippen molar-refractivity contribution in [3.05, 3.63) is 23.5 Å². The number of carbonyl (C=O) groups excluding carboxylic acids is 1. The number of hydrogen-bond donors (Lipinski definition) is 0. The molecule has 9 heteroatoms. The summed E-state index contributed by atoms with van der Waals surface area (Å²) in [7, 11) is 5.34. The molecule has 0 aromatic carbocycles. The van der Waals surface area contributed by atoms with Crippen LogP contribution in [-0.4, -0.2) is 57.2 Å². The maximum Gasteiger partial charge on any atom is 0.311 e. The van der Waals surface area contributed by atoms with Gasteiger partial charge in [0.1, 0.15) is 6.54 Å². The van der Waals surface area contributed by atoms with Gasteiger partial charge in [0.05, 0.1) is 6.54 Å². The summed E-state index contributed by atoms with van der Waals surface area (Å²) < 4.78 is 10.2. The van der Waals surface area contributed by atoms with E-state index in [0.717, 1.165) is 0 Å². The molecular formula is C11H16N6O3. The molecule has 20 heavy (non-hydrogen) atoms. The molecule has 0 N–H and O–H groups in total. The number of aryl methyl sites for hydroxylation is 1. The summed E-state index contributed by atoms with van der Waals surface area (Å²) in [5.74, 6) is 0.817. The highest BCUT2D eigenvalue weighted by molar-refractivity contribution is 5.89. The fourth-order valence-electron chi connectivity index (χ4n) is 1.52. The smallest absolute Gasteiger partial charge is 0.311 e. The number of hydrogen-bond acceptors (Lipinski definition) is 8. The van der Waals surface area contributed by atoms with Crippen molar-refractivity contribution in [2.75, 3.05) is 21.1 Å². The van der Waals surface area contributed by atoms with Crippen LogP contribution in [0.1, 0.15) is 28.3 Å². The van der Waals surface area contributed by atoms with Crippen molar-refractivity contribution < 1.29 is 13.7 Å². The molecule has 0 aliphatic heterocycles. The number of carbonyl (C=O) groups is 1. The molecule has 2 rings (SSSR count). The first-order valence-electron chi connectivity index (χ1n) is 5.97. The van der Waals surface area contributed by atoms with Crippen molar-refractivity contribution in [3.8, 4) is 0 Å². The standard InChI is InChI=1S/C11H16N6O3/c1-7-12-8(20-15-7)6-17(4)11(18)10-14-13-9(19-10)5-16(2)3/h5-6H2,1-4H3. The predicted molar refractivity (Wildman–Crippen MR) is 66.5 cm³/mol. The van der Waals surface area contributed by atoms with E-state index in [2.05, 4.69) is 20.3 Å². The maximum absolute atomic E-state index is 12.1. The minimum absolute atomic E-state index is 0.0550. The molecule has 0 unspecified atom stereocenters. The van der Waals surface area contributed by atoms with Gasteiger partial charge in [-0.15, -0.1) is 10.2 Å². The van der Waals surface area contributed by atoms with E-state index in [1.54, 1.807) is 14.0 Å². The van der Waals surface area contributed by atoms with Gasteiger partial charge >= 0.3 is 11.8 Å². The lowest BCUT2D eigenvalue weighted by molar-refractivity contribution is 0.0726. The first kappa shape index (κ1) is 14.1. The summed E-state index contributed by atoms with van der Waals surface area (Å²) in [6, 6.07) is 0. The molecule has 0 radical (unpaired) electrons. The highest BCUT2D eigenvalue weighted by Crippen LogP contribution is 2.07. The Morgan fingerprint density at radius 2 is 1.90 bits per heavy atom. The van der Waals surface area contributed by atoms with Gasteiger partial charge < -0.3 is 18.7 Å². The van der Waals surface area contributed by atoms with Gasteiger partial charge in [-0.05, 0) is 21.0 Å². The third-order valence-electron chi connectivity index (χ3n) is 2.39. The molecule has 0 atom stereocenters. The van der Waals surface area contributed by atoms with Crippen LogP contribution in [-0.2, 0) is 13.1 Å². The molecule has 0 fully saturated rings. The van der Waals surface area contributed by atoms with Crippen LogP contribution >= 0.6 is 0 Å². The zero-order valence-electron chi connectivity index (χ0n) is 11.8. The Balaban J connectivity index is 2.01. The van der Waals surface area contributed by atoms with Gasteiger partial charge in [-0.1, -0.05) is 5.16 Å². The fourth-order valence-corrected chi connectivity index (χ4v) is 1.52. The van der Waals surface area contributed by atoms with Crippen LogP contribution in [0.2, 0.25) is 0 Å². The van der Waals surface area contributed by atoms with Crippen molar-refractivity contribution in [2.24, 2.45) is 0 Å². The van der Waals surface area contributed by atoms with E-state index in [0.29, 0.717) is 24.2 Å². The molecule has 9 nitrogen and oxygen atoms in total. The average Bonchev–Trinajstić information content (AvgIpc) is 2.97. The van der Waals surface area contributed by atoms with Crippen molar-refractivity contribution in [2.45, 2.75) is 20.0 Å². The van der Waals surface area contributed by atoms with E-state index in [1.165, 1.54) is 4.90 Å². The Kier molecular flexibility index (Phi) is 4.08. The van der Waals surface area contributed by atoms with Gasteiger partial charge in [-0.3, -0.25) is 4.79 Å². The van der Waals surface area contributed by atoms with E-state index >= 15 is 0 Å². The van der Waals surface area contributed by atoms with Crippen LogP contribution in [0.5, 0.6) is 0 Å². The summed E-state index contributed by atoms with van der Waals surface area (Å²) >= 11 is 0. The minimum atomic E-state index is -0.390. The largest absolute Gasteiger partial charge is 0.415 e. The third kappa shape index (κ3) is 3.38. The molecule has 0 spiro atoms. The van der Waals surface area contributed by atoms with Crippen molar-refractivity contribution in [3.63, 3.8) is 0 Å². The molecule has 0 saturated carbocycles. The van der Waals surface area contributed by atoms with E-state index in [4.69, 9.17) is 8.94 Å². The van der Waals surface area contributed by atoms with Crippen LogP contribution in [0.25, 0.3) is 0 Å². The lowest BCUT2D eigenvalue weighted by Gasteiger charge is -2.11. The van der Waals surface area contributed by atoms with E-state index < -0.39 is 5.91 Å². The van der Waals surface area contributed by atoms with Crippen molar-refractivity contribution in [1.29, 1.82) is 0 Å². The van der Waals surface area contributed by atoms with Crippen LogP contribution in [0.4, 0.5) is 0 Å². The van der Waals surface area contributed by atoms with Crippen molar-refractivity contribution >= 4 is 5.91 Å². The topological polar surface area (TPSA) is 101 Å². The Morgan fingerprint density at radius 1 is 1.15 bits per heavy atom. The number of rotatable bonds is 5. The average molecular weight is 280 g/mol. The van der Waals surface area contributed by atoms with Gasteiger partial charge in [-0.2, -0.15) is 4.98 Å². The number of aromatic nitrogens is 4. The number of nitrogens with zero attached hydrogens (tertiary/aromatic N) is 6. The molecule has 0 saturated heterocycles. The van der Waals surface area contributed by atoms with Gasteiger partial charge in [-0.25, -0.2) is 0 Å². The van der Waals surface area contributed by atoms with Crippen LogP contribution in [0, 0.1) is 6.92 Å². The zero-order valence-corrected chi connectivity index (χ0v) is 11.8. The molecule has 108 valence electrons. The summed E-state index contributed by atoms with van der Waals surface area (Å²) in [5, 5.41) is 11.2. The molecule has 0 aliphatic rings. The fraction of sp³-hybridized carbons (Fsp3) is 0.545. The third-order valence-corrected chi connectivity index (χ3v) is 2.39. The summed E-state index contributed by atoms with van der Waals surface area (Å²) in [4.78, 5) is 19.4. The van der Waals surface area contributed by atoms with Crippen LogP contribution in [0.3, 0.4) is 0 Å². The first-order valence-corrected chi connectivity index (χ1v) is 5.97. The van der Waals surface area contributed by atoms with E-state index in [-0.39, 0.29) is 12.4 Å². The highest BCUT2D eigenvalue weighted by atomic mass is 16.5. The maximum atomic E-state index is 12.1. The zero-order chi connectivity index (χ0) is 14.7. The lowest BCUT2D eigenvalue weighted by Crippen LogP contribution is -2.26. The Bertz CT molecular complexity index is 591. The van der Waals surface area contributed by atoms with Gasteiger partial charge in [0.25, 0.3) is 0 Å².